The van der Waals surface area contributed by atoms with Crippen LogP contribution < -0.4 is 5.32 Å². The number of rotatable bonds is 9. The third-order valence-electron chi connectivity index (χ3n) is 4.25. The van der Waals surface area contributed by atoms with Crippen LogP contribution in [0.3, 0.4) is 0 Å². The molecule has 0 spiro atoms. The van der Waals surface area contributed by atoms with Crippen LogP contribution >= 0.6 is 11.6 Å². The van der Waals surface area contributed by atoms with Crippen LogP contribution in [-0.4, -0.2) is 36.7 Å². The number of nitrogens with one attached hydrogen (secondary N) is 1. The molecule has 0 saturated heterocycles. The lowest BCUT2D eigenvalue weighted by atomic mass is 9.75. The van der Waals surface area contributed by atoms with E-state index in [1.165, 1.54) is 7.11 Å². The Morgan fingerprint density at radius 2 is 1.83 bits per heavy atom. The molecule has 1 aromatic carbocycles. The van der Waals surface area contributed by atoms with E-state index in [-0.39, 0.29) is 18.9 Å². The Morgan fingerprint density at radius 1 is 1.26 bits per heavy atom. The Morgan fingerprint density at radius 3 is 2.26 bits per heavy atom. The van der Waals surface area contributed by atoms with Gasteiger partial charge in [0, 0.05) is 25.2 Å². The van der Waals surface area contributed by atoms with Crippen molar-refractivity contribution in [2.24, 2.45) is 0 Å². The van der Waals surface area contributed by atoms with Gasteiger partial charge in [0.15, 0.2) is 0 Å². The highest BCUT2D eigenvalue weighted by Gasteiger charge is 2.38. The van der Waals surface area contributed by atoms with Crippen molar-refractivity contribution in [3.8, 4) is 0 Å². The lowest BCUT2D eigenvalue weighted by Gasteiger charge is -2.32. The monoisotopic (exact) mass is 341 g/mol. The molecule has 6 heteroatoms. The van der Waals surface area contributed by atoms with Crippen LogP contribution in [0.25, 0.3) is 0 Å². The number of carbonyl (C=O) groups excluding carboxylic acids is 1. The van der Waals surface area contributed by atoms with Gasteiger partial charge in [0.1, 0.15) is 6.04 Å². The molecular weight excluding hydrogens is 318 g/mol. The van der Waals surface area contributed by atoms with Crippen LogP contribution in [-0.2, 0) is 19.7 Å². The Balaban J connectivity index is 3.05. The zero-order valence-electron chi connectivity index (χ0n) is 13.8. The van der Waals surface area contributed by atoms with Gasteiger partial charge in [-0.3, -0.25) is 4.79 Å². The van der Waals surface area contributed by atoms with Gasteiger partial charge in [-0.05, 0) is 30.5 Å². The molecule has 0 aliphatic carbocycles. The highest BCUT2D eigenvalue weighted by atomic mass is 35.5. The number of ether oxygens (including phenoxy) is 1. The summed E-state index contributed by atoms with van der Waals surface area (Å²) in [5.41, 5.74) is 0.0611. The van der Waals surface area contributed by atoms with Gasteiger partial charge in [-0.1, -0.05) is 37.6 Å². The van der Waals surface area contributed by atoms with E-state index in [9.17, 15) is 14.7 Å². The third kappa shape index (κ3) is 4.69. The molecule has 0 heterocycles. The van der Waals surface area contributed by atoms with Crippen molar-refractivity contribution in [3.05, 3.63) is 34.9 Å². The van der Waals surface area contributed by atoms with Gasteiger partial charge >= 0.3 is 5.97 Å². The molecule has 1 unspecified atom stereocenters. The normalized spacial score (nSPS) is 12.7. The Labute approximate surface area is 142 Å². The van der Waals surface area contributed by atoms with Crippen LogP contribution in [0.4, 0.5) is 0 Å². The minimum atomic E-state index is -1.06. The number of amides is 1. The lowest BCUT2D eigenvalue weighted by Crippen LogP contribution is -2.50. The minimum absolute atomic E-state index is 0.224. The van der Waals surface area contributed by atoms with Crippen molar-refractivity contribution < 1.29 is 19.4 Å². The summed E-state index contributed by atoms with van der Waals surface area (Å²) >= 11 is 5.92. The summed E-state index contributed by atoms with van der Waals surface area (Å²) in [4.78, 5) is 24.2. The van der Waals surface area contributed by atoms with Gasteiger partial charge in [-0.25, -0.2) is 4.79 Å². The number of carbonyl (C=O) groups is 2. The molecule has 1 atom stereocenters. The Bertz CT molecular complexity index is 526. The predicted octanol–water partition coefficient (Wildman–Crippen LogP) is 3.00. The van der Waals surface area contributed by atoms with Crippen LogP contribution in [0.1, 0.15) is 38.7 Å². The van der Waals surface area contributed by atoms with Crippen LogP contribution in [0.15, 0.2) is 24.3 Å². The topological polar surface area (TPSA) is 75.6 Å². The zero-order chi connectivity index (χ0) is 17.5. The Kier molecular flexibility index (Phi) is 7.52. The SMILES string of the molecule is CCC(CC)(C(=O)NC(CCOC)C(=O)O)c1ccc(Cl)cc1. The van der Waals surface area contributed by atoms with Crippen molar-refractivity contribution in [2.45, 2.75) is 44.6 Å². The van der Waals surface area contributed by atoms with E-state index in [0.29, 0.717) is 17.9 Å². The predicted molar refractivity (Wildman–Crippen MR) is 89.8 cm³/mol. The standard InChI is InChI=1S/C17H24ClNO4/c1-4-17(5-2,12-6-8-13(18)9-7-12)16(22)19-14(15(20)21)10-11-23-3/h6-9,14H,4-5,10-11H2,1-3H3,(H,19,22)(H,20,21). The maximum atomic E-state index is 12.8. The van der Waals surface area contributed by atoms with Crippen molar-refractivity contribution in [2.75, 3.05) is 13.7 Å². The van der Waals surface area contributed by atoms with Crippen molar-refractivity contribution in [1.82, 2.24) is 5.32 Å². The first-order chi connectivity index (χ1) is 10.9. The first-order valence-corrected chi connectivity index (χ1v) is 8.07. The number of carboxylic acids is 1. The maximum absolute atomic E-state index is 12.8. The molecule has 0 radical (unpaired) electrons. The number of benzene rings is 1. The average Bonchev–Trinajstić information content (AvgIpc) is 2.54. The van der Waals surface area contributed by atoms with E-state index in [1.807, 2.05) is 26.0 Å². The molecule has 0 aliphatic heterocycles. The molecule has 5 nitrogen and oxygen atoms in total. The second-order valence-electron chi connectivity index (χ2n) is 5.44. The summed E-state index contributed by atoms with van der Waals surface area (Å²) in [6.07, 6.45) is 1.35. The molecule has 1 aromatic rings. The number of aliphatic carboxylic acids is 1. The highest BCUT2D eigenvalue weighted by Crippen LogP contribution is 2.33. The van der Waals surface area contributed by atoms with Gasteiger partial charge in [0.2, 0.25) is 5.91 Å². The quantitative estimate of drug-likeness (QED) is 0.724. The van der Waals surface area contributed by atoms with Crippen molar-refractivity contribution in [3.63, 3.8) is 0 Å². The number of hydrogen-bond donors (Lipinski definition) is 2. The summed E-state index contributed by atoms with van der Waals surface area (Å²) in [5.74, 6) is -1.35. The molecule has 0 saturated carbocycles. The lowest BCUT2D eigenvalue weighted by molar-refractivity contribution is -0.143. The fourth-order valence-electron chi connectivity index (χ4n) is 2.67. The van der Waals surface area contributed by atoms with Gasteiger partial charge < -0.3 is 15.2 Å². The fraction of sp³-hybridized carbons (Fsp3) is 0.529. The third-order valence-corrected chi connectivity index (χ3v) is 4.50. The highest BCUT2D eigenvalue weighted by molar-refractivity contribution is 6.30. The van der Waals surface area contributed by atoms with E-state index in [2.05, 4.69) is 5.32 Å². The van der Waals surface area contributed by atoms with Gasteiger partial charge in [0.05, 0.1) is 5.41 Å². The van der Waals surface area contributed by atoms with E-state index in [1.54, 1.807) is 12.1 Å². The first kappa shape index (κ1) is 19.5. The summed E-state index contributed by atoms with van der Waals surface area (Å²) in [5, 5.41) is 12.5. The second-order valence-corrected chi connectivity index (χ2v) is 5.88. The number of hydrogen-bond acceptors (Lipinski definition) is 3. The van der Waals surface area contributed by atoms with E-state index in [0.717, 1.165) is 5.56 Å². The van der Waals surface area contributed by atoms with Crippen LogP contribution in [0.5, 0.6) is 0 Å². The molecule has 0 aromatic heterocycles. The number of carboxylic acid groups (broad SMARTS) is 1. The molecule has 0 fully saturated rings. The molecule has 128 valence electrons. The molecule has 1 amide bonds. The molecular formula is C17H24ClNO4. The average molecular weight is 342 g/mol. The van der Waals surface area contributed by atoms with Gasteiger partial charge in [-0.2, -0.15) is 0 Å². The fourth-order valence-corrected chi connectivity index (χ4v) is 2.79. The maximum Gasteiger partial charge on any atom is 0.326 e. The van der Waals surface area contributed by atoms with Crippen LogP contribution in [0.2, 0.25) is 5.02 Å². The first-order valence-electron chi connectivity index (χ1n) is 7.70. The molecule has 0 bridgehead atoms. The van der Waals surface area contributed by atoms with Crippen LogP contribution in [0, 0.1) is 0 Å². The molecule has 1 rings (SSSR count). The summed E-state index contributed by atoms with van der Waals surface area (Å²) in [6.45, 7) is 4.11. The van der Waals surface area contributed by atoms with E-state index in [4.69, 9.17) is 16.3 Å². The number of methoxy groups -OCH3 is 1. The number of halogens is 1. The van der Waals surface area contributed by atoms with Crippen molar-refractivity contribution >= 4 is 23.5 Å². The summed E-state index contributed by atoms with van der Waals surface area (Å²) in [7, 11) is 1.50. The molecule has 2 N–H and O–H groups in total. The van der Waals surface area contributed by atoms with E-state index < -0.39 is 17.4 Å². The summed E-state index contributed by atoms with van der Waals surface area (Å²) in [6, 6.07) is 6.15. The van der Waals surface area contributed by atoms with Gasteiger partial charge in [-0.15, -0.1) is 0 Å². The smallest absolute Gasteiger partial charge is 0.326 e. The molecule has 23 heavy (non-hydrogen) atoms. The van der Waals surface area contributed by atoms with E-state index >= 15 is 0 Å². The zero-order valence-corrected chi connectivity index (χ0v) is 14.5. The largest absolute Gasteiger partial charge is 0.480 e. The second kappa shape index (κ2) is 8.89. The van der Waals surface area contributed by atoms with Gasteiger partial charge in [0.25, 0.3) is 0 Å². The Hall–Kier alpha value is -1.59. The van der Waals surface area contributed by atoms with Crippen molar-refractivity contribution in [1.29, 1.82) is 0 Å². The summed E-state index contributed by atoms with van der Waals surface area (Å²) < 4.78 is 4.91. The minimum Gasteiger partial charge on any atom is -0.480 e. The molecule has 0 aliphatic rings.